The first kappa shape index (κ1) is 7.31. The minimum absolute atomic E-state index is 0.281. The van der Waals surface area contributed by atoms with Crippen LogP contribution in [0, 0.1) is 0 Å². The van der Waals surface area contributed by atoms with E-state index in [1.807, 2.05) is 0 Å². The molecular weight excluding hydrogens is 176 g/mol. The SMILES string of the molecule is O=Cc1nc2cc[nH]c2cc1Cl. The third-order valence-electron chi connectivity index (χ3n) is 1.62. The van der Waals surface area contributed by atoms with E-state index < -0.39 is 0 Å². The molecule has 0 aliphatic heterocycles. The third kappa shape index (κ3) is 0.987. The first-order valence-corrected chi connectivity index (χ1v) is 3.78. The summed E-state index contributed by atoms with van der Waals surface area (Å²) in [5.41, 5.74) is 1.87. The van der Waals surface area contributed by atoms with E-state index in [2.05, 4.69) is 9.97 Å². The van der Waals surface area contributed by atoms with E-state index in [4.69, 9.17) is 11.6 Å². The van der Waals surface area contributed by atoms with Crippen molar-refractivity contribution in [2.24, 2.45) is 0 Å². The summed E-state index contributed by atoms with van der Waals surface area (Å²) >= 11 is 5.75. The van der Waals surface area contributed by atoms with E-state index in [1.54, 1.807) is 18.3 Å². The van der Waals surface area contributed by atoms with Crippen molar-refractivity contribution in [3.8, 4) is 0 Å². The Morgan fingerprint density at radius 3 is 3.17 bits per heavy atom. The van der Waals surface area contributed by atoms with Gasteiger partial charge in [0.2, 0.25) is 0 Å². The molecule has 2 aromatic rings. The van der Waals surface area contributed by atoms with Crippen molar-refractivity contribution in [3.05, 3.63) is 29.0 Å². The predicted octanol–water partition coefficient (Wildman–Crippen LogP) is 2.03. The minimum Gasteiger partial charge on any atom is -0.360 e. The number of aromatic nitrogens is 2. The predicted molar refractivity (Wildman–Crippen MR) is 46.5 cm³/mol. The van der Waals surface area contributed by atoms with E-state index in [9.17, 15) is 4.79 Å². The molecule has 0 radical (unpaired) electrons. The molecule has 4 heteroatoms. The van der Waals surface area contributed by atoms with Crippen molar-refractivity contribution in [3.63, 3.8) is 0 Å². The van der Waals surface area contributed by atoms with Gasteiger partial charge in [0.25, 0.3) is 0 Å². The van der Waals surface area contributed by atoms with Gasteiger partial charge in [-0.05, 0) is 12.1 Å². The zero-order valence-corrected chi connectivity index (χ0v) is 6.80. The molecule has 3 nitrogen and oxygen atoms in total. The summed E-state index contributed by atoms with van der Waals surface area (Å²) < 4.78 is 0. The molecular formula is C8H5ClN2O. The second-order valence-corrected chi connectivity index (χ2v) is 2.79. The first-order valence-electron chi connectivity index (χ1n) is 3.40. The highest BCUT2D eigenvalue weighted by atomic mass is 35.5. The number of pyridine rings is 1. The van der Waals surface area contributed by atoms with Crippen molar-refractivity contribution in [2.75, 3.05) is 0 Å². The van der Waals surface area contributed by atoms with Crippen molar-refractivity contribution >= 4 is 28.9 Å². The number of aromatic amines is 1. The van der Waals surface area contributed by atoms with Crippen LogP contribution in [-0.2, 0) is 0 Å². The van der Waals surface area contributed by atoms with Gasteiger partial charge in [-0.15, -0.1) is 0 Å². The molecule has 0 aliphatic carbocycles. The van der Waals surface area contributed by atoms with Gasteiger partial charge in [0.05, 0.1) is 16.1 Å². The van der Waals surface area contributed by atoms with Crippen molar-refractivity contribution in [2.45, 2.75) is 0 Å². The second-order valence-electron chi connectivity index (χ2n) is 2.38. The van der Waals surface area contributed by atoms with Crippen molar-refractivity contribution in [1.82, 2.24) is 9.97 Å². The van der Waals surface area contributed by atoms with Gasteiger partial charge in [-0.2, -0.15) is 0 Å². The lowest BCUT2D eigenvalue weighted by Crippen LogP contribution is -1.87. The molecule has 0 atom stereocenters. The first-order chi connectivity index (χ1) is 5.81. The zero-order valence-electron chi connectivity index (χ0n) is 6.04. The monoisotopic (exact) mass is 180 g/mol. The van der Waals surface area contributed by atoms with Gasteiger partial charge in [-0.3, -0.25) is 4.79 Å². The van der Waals surface area contributed by atoms with E-state index in [0.29, 0.717) is 11.3 Å². The summed E-state index contributed by atoms with van der Waals surface area (Å²) in [6.07, 6.45) is 2.40. The summed E-state index contributed by atoms with van der Waals surface area (Å²) in [6.45, 7) is 0. The number of hydrogen-bond donors (Lipinski definition) is 1. The standard InChI is InChI=1S/C8H5ClN2O/c9-5-3-7-6(1-2-10-7)11-8(5)4-12/h1-4,10H. The summed E-state index contributed by atoms with van der Waals surface area (Å²) in [7, 11) is 0. The van der Waals surface area contributed by atoms with Crippen LogP contribution in [0.25, 0.3) is 11.0 Å². The van der Waals surface area contributed by atoms with Gasteiger partial charge in [0, 0.05) is 6.20 Å². The summed E-state index contributed by atoms with van der Waals surface area (Å²) in [6, 6.07) is 3.48. The highest BCUT2D eigenvalue weighted by Crippen LogP contribution is 2.18. The Balaban J connectivity index is 2.81. The molecule has 0 fully saturated rings. The Morgan fingerprint density at radius 2 is 2.42 bits per heavy atom. The Morgan fingerprint density at radius 1 is 1.58 bits per heavy atom. The van der Waals surface area contributed by atoms with Crippen LogP contribution in [-0.4, -0.2) is 16.3 Å². The number of rotatable bonds is 1. The number of halogens is 1. The highest BCUT2D eigenvalue weighted by Gasteiger charge is 2.03. The van der Waals surface area contributed by atoms with Crippen LogP contribution >= 0.6 is 11.6 Å². The molecule has 1 N–H and O–H groups in total. The van der Waals surface area contributed by atoms with Crippen LogP contribution in [0.5, 0.6) is 0 Å². The number of nitrogens with one attached hydrogen (secondary N) is 1. The van der Waals surface area contributed by atoms with E-state index in [-0.39, 0.29) is 5.69 Å². The van der Waals surface area contributed by atoms with Gasteiger partial charge in [0.1, 0.15) is 5.69 Å². The molecule has 60 valence electrons. The topological polar surface area (TPSA) is 45.8 Å². The Hall–Kier alpha value is -1.35. The van der Waals surface area contributed by atoms with Crippen LogP contribution in [0.15, 0.2) is 18.3 Å². The zero-order chi connectivity index (χ0) is 8.55. The van der Waals surface area contributed by atoms with E-state index in [1.165, 1.54) is 0 Å². The molecule has 2 rings (SSSR count). The lowest BCUT2D eigenvalue weighted by Gasteiger charge is -1.94. The lowest BCUT2D eigenvalue weighted by molar-refractivity contribution is 0.111. The Kier molecular flexibility index (Phi) is 1.59. The molecule has 0 amide bonds. The number of carbonyl (C=O) groups is 1. The molecule has 2 heterocycles. The third-order valence-corrected chi connectivity index (χ3v) is 1.93. The molecule has 12 heavy (non-hydrogen) atoms. The number of carbonyl (C=O) groups excluding carboxylic acids is 1. The van der Waals surface area contributed by atoms with Crippen LogP contribution in [0.1, 0.15) is 10.5 Å². The molecule has 0 saturated heterocycles. The summed E-state index contributed by atoms with van der Waals surface area (Å²) in [5, 5.41) is 0.375. The quantitative estimate of drug-likeness (QED) is 0.683. The maximum Gasteiger partial charge on any atom is 0.169 e. The lowest BCUT2D eigenvalue weighted by atomic mass is 10.3. The number of fused-ring (bicyclic) bond motifs is 1. The van der Waals surface area contributed by atoms with Gasteiger partial charge in [0.15, 0.2) is 6.29 Å². The number of H-pyrrole nitrogens is 1. The van der Waals surface area contributed by atoms with Crippen LogP contribution in [0.2, 0.25) is 5.02 Å². The normalized spacial score (nSPS) is 10.4. The van der Waals surface area contributed by atoms with Gasteiger partial charge in [-0.1, -0.05) is 11.6 Å². The van der Waals surface area contributed by atoms with E-state index in [0.717, 1.165) is 11.0 Å². The highest BCUT2D eigenvalue weighted by molar-refractivity contribution is 6.33. The Labute approximate surface area is 73.4 Å². The van der Waals surface area contributed by atoms with Crippen LogP contribution in [0.3, 0.4) is 0 Å². The molecule has 0 aliphatic rings. The fraction of sp³-hybridized carbons (Fsp3) is 0. The number of aldehydes is 1. The second kappa shape index (κ2) is 2.60. The molecule has 0 unspecified atom stereocenters. The maximum atomic E-state index is 10.4. The fourth-order valence-corrected chi connectivity index (χ4v) is 1.25. The molecule has 0 aromatic carbocycles. The van der Waals surface area contributed by atoms with Gasteiger partial charge >= 0.3 is 0 Å². The van der Waals surface area contributed by atoms with Crippen molar-refractivity contribution < 1.29 is 4.79 Å². The van der Waals surface area contributed by atoms with Crippen molar-refractivity contribution in [1.29, 1.82) is 0 Å². The largest absolute Gasteiger partial charge is 0.360 e. The minimum atomic E-state index is 0.281. The van der Waals surface area contributed by atoms with Crippen LogP contribution in [0.4, 0.5) is 0 Å². The number of hydrogen-bond acceptors (Lipinski definition) is 2. The molecule has 0 spiro atoms. The van der Waals surface area contributed by atoms with E-state index >= 15 is 0 Å². The summed E-state index contributed by atoms with van der Waals surface area (Å²) in [5.74, 6) is 0. The smallest absolute Gasteiger partial charge is 0.169 e. The average molecular weight is 181 g/mol. The molecule has 0 bridgehead atoms. The Bertz CT molecular complexity index is 436. The van der Waals surface area contributed by atoms with Gasteiger partial charge < -0.3 is 4.98 Å². The van der Waals surface area contributed by atoms with Gasteiger partial charge in [-0.25, -0.2) is 4.98 Å². The van der Waals surface area contributed by atoms with Crippen LogP contribution < -0.4 is 0 Å². The fourth-order valence-electron chi connectivity index (χ4n) is 1.05. The molecule has 2 aromatic heterocycles. The number of nitrogens with zero attached hydrogens (tertiary/aromatic N) is 1. The average Bonchev–Trinajstić information content (AvgIpc) is 2.49. The summed E-state index contributed by atoms with van der Waals surface area (Å²) in [4.78, 5) is 17.4. The molecule has 0 saturated carbocycles. The maximum absolute atomic E-state index is 10.4.